The molecule has 118 valence electrons. The van der Waals surface area contributed by atoms with E-state index in [0.717, 1.165) is 22.0 Å². The number of rotatable bonds is 4. The number of aromatic nitrogens is 1. The Bertz CT molecular complexity index is 932. The Morgan fingerprint density at radius 1 is 1.21 bits per heavy atom. The number of nitriles is 1. The first-order chi connectivity index (χ1) is 11.7. The second-order valence-corrected chi connectivity index (χ2v) is 5.60. The van der Waals surface area contributed by atoms with E-state index >= 15 is 0 Å². The smallest absolute Gasteiger partial charge is 0.262 e. The molecule has 1 aromatic heterocycles. The largest absolute Gasteiger partial charge is 0.361 e. The van der Waals surface area contributed by atoms with Crippen LogP contribution in [-0.2, 0) is 4.79 Å². The van der Waals surface area contributed by atoms with Crippen molar-refractivity contribution < 1.29 is 4.79 Å². The quantitative estimate of drug-likeness (QED) is 0.565. The summed E-state index contributed by atoms with van der Waals surface area (Å²) in [6.07, 6.45) is 3.47. The van der Waals surface area contributed by atoms with Crippen LogP contribution in [0.1, 0.15) is 24.1 Å². The topological polar surface area (TPSA) is 68.7 Å². The number of hydrogen-bond donors (Lipinski definition) is 2. The number of carbonyl (C=O) groups excluding carboxylic acids is 1. The van der Waals surface area contributed by atoms with Gasteiger partial charge in [-0.25, -0.2) is 0 Å². The first kappa shape index (κ1) is 15.6. The highest BCUT2D eigenvalue weighted by atomic mass is 16.1. The molecule has 3 rings (SSSR count). The van der Waals surface area contributed by atoms with Crippen LogP contribution in [0.2, 0.25) is 0 Å². The average molecular weight is 315 g/mol. The molecule has 0 fully saturated rings. The summed E-state index contributed by atoms with van der Waals surface area (Å²) < 4.78 is 0. The molecule has 0 aliphatic rings. The fourth-order valence-electron chi connectivity index (χ4n) is 2.58. The molecule has 1 unspecified atom stereocenters. The monoisotopic (exact) mass is 315 g/mol. The highest BCUT2D eigenvalue weighted by molar-refractivity contribution is 6.02. The van der Waals surface area contributed by atoms with Crippen LogP contribution < -0.4 is 5.32 Å². The van der Waals surface area contributed by atoms with Gasteiger partial charge >= 0.3 is 0 Å². The minimum Gasteiger partial charge on any atom is -0.361 e. The van der Waals surface area contributed by atoms with E-state index < -0.39 is 0 Å². The van der Waals surface area contributed by atoms with Gasteiger partial charge in [0.05, 0.1) is 6.04 Å². The number of nitrogens with one attached hydrogen (secondary N) is 2. The van der Waals surface area contributed by atoms with Gasteiger partial charge in [-0.2, -0.15) is 5.26 Å². The van der Waals surface area contributed by atoms with E-state index in [9.17, 15) is 10.1 Å². The summed E-state index contributed by atoms with van der Waals surface area (Å²) in [5.74, 6) is -0.372. The van der Waals surface area contributed by atoms with E-state index in [1.807, 2.05) is 73.8 Å². The third kappa shape index (κ3) is 3.36. The molecule has 0 spiro atoms. The highest BCUT2D eigenvalue weighted by Gasteiger charge is 2.13. The lowest BCUT2D eigenvalue weighted by atomic mass is 10.1. The van der Waals surface area contributed by atoms with Gasteiger partial charge in [0.1, 0.15) is 11.6 Å². The fraction of sp³-hybridized carbons (Fsp3) is 0.100. The Hall–Kier alpha value is -3.32. The lowest BCUT2D eigenvalue weighted by molar-refractivity contribution is -0.117. The Morgan fingerprint density at radius 2 is 2.00 bits per heavy atom. The maximum Gasteiger partial charge on any atom is 0.262 e. The van der Waals surface area contributed by atoms with Crippen LogP contribution in [-0.4, -0.2) is 10.9 Å². The first-order valence-electron chi connectivity index (χ1n) is 7.72. The SMILES string of the molecule is CC(NC(=O)/C(C#N)=C\c1ccc2[nH]ccc2c1)c1ccccc1. The summed E-state index contributed by atoms with van der Waals surface area (Å²) in [5, 5.41) is 13.2. The zero-order chi connectivity index (χ0) is 16.9. The molecule has 24 heavy (non-hydrogen) atoms. The molecule has 4 nitrogen and oxygen atoms in total. The molecule has 3 aromatic rings. The molecule has 0 saturated carbocycles. The van der Waals surface area contributed by atoms with Crippen LogP contribution in [0.4, 0.5) is 0 Å². The van der Waals surface area contributed by atoms with E-state index in [0.29, 0.717) is 0 Å². The maximum atomic E-state index is 12.4. The molecule has 1 heterocycles. The van der Waals surface area contributed by atoms with Crippen molar-refractivity contribution in [3.63, 3.8) is 0 Å². The molecule has 0 bridgehead atoms. The number of fused-ring (bicyclic) bond motifs is 1. The highest BCUT2D eigenvalue weighted by Crippen LogP contribution is 2.17. The van der Waals surface area contributed by atoms with E-state index in [1.165, 1.54) is 0 Å². The fourth-order valence-corrected chi connectivity index (χ4v) is 2.58. The van der Waals surface area contributed by atoms with Gasteiger partial charge in [0.25, 0.3) is 5.91 Å². The molecule has 2 aromatic carbocycles. The predicted molar refractivity (Wildman–Crippen MR) is 94.9 cm³/mol. The van der Waals surface area contributed by atoms with E-state index in [2.05, 4.69) is 10.3 Å². The summed E-state index contributed by atoms with van der Waals surface area (Å²) >= 11 is 0. The Labute approximate surface area is 140 Å². The van der Waals surface area contributed by atoms with Gasteiger partial charge in [-0.1, -0.05) is 36.4 Å². The third-order valence-electron chi connectivity index (χ3n) is 3.90. The number of H-pyrrole nitrogens is 1. The van der Waals surface area contributed by atoms with Crippen molar-refractivity contribution >= 4 is 22.9 Å². The number of hydrogen-bond acceptors (Lipinski definition) is 2. The van der Waals surface area contributed by atoms with Crippen molar-refractivity contribution in [2.45, 2.75) is 13.0 Å². The van der Waals surface area contributed by atoms with Gasteiger partial charge in [0, 0.05) is 11.7 Å². The minimum absolute atomic E-state index is 0.0904. The second-order valence-electron chi connectivity index (χ2n) is 5.60. The van der Waals surface area contributed by atoms with Crippen LogP contribution in [0.25, 0.3) is 17.0 Å². The van der Waals surface area contributed by atoms with Gasteiger partial charge in [0.2, 0.25) is 0 Å². The van der Waals surface area contributed by atoms with Crippen LogP contribution in [0, 0.1) is 11.3 Å². The number of amides is 1. The molecule has 1 atom stereocenters. The van der Waals surface area contributed by atoms with E-state index in [-0.39, 0.29) is 17.5 Å². The molecule has 4 heteroatoms. The normalized spacial score (nSPS) is 12.6. The van der Waals surface area contributed by atoms with Crippen molar-refractivity contribution in [3.05, 3.63) is 77.5 Å². The molecule has 0 aliphatic carbocycles. The summed E-state index contributed by atoms with van der Waals surface area (Å²) in [4.78, 5) is 15.5. The van der Waals surface area contributed by atoms with Gasteiger partial charge in [-0.15, -0.1) is 0 Å². The first-order valence-corrected chi connectivity index (χ1v) is 7.72. The van der Waals surface area contributed by atoms with Crippen molar-refractivity contribution in [1.29, 1.82) is 5.26 Å². The van der Waals surface area contributed by atoms with Crippen LogP contribution >= 0.6 is 0 Å². The van der Waals surface area contributed by atoms with E-state index in [1.54, 1.807) is 6.08 Å². The van der Waals surface area contributed by atoms with Gasteiger partial charge in [-0.05, 0) is 47.7 Å². The number of aromatic amines is 1. The van der Waals surface area contributed by atoms with Gasteiger partial charge in [-0.3, -0.25) is 4.79 Å². The lowest BCUT2D eigenvalue weighted by Gasteiger charge is -2.13. The predicted octanol–water partition coefficient (Wildman–Crippen LogP) is 3.95. The lowest BCUT2D eigenvalue weighted by Crippen LogP contribution is -2.27. The van der Waals surface area contributed by atoms with Crippen LogP contribution in [0.15, 0.2) is 66.4 Å². The van der Waals surface area contributed by atoms with Crippen molar-refractivity contribution in [2.75, 3.05) is 0 Å². The summed E-state index contributed by atoms with van der Waals surface area (Å²) in [6.45, 7) is 1.90. The van der Waals surface area contributed by atoms with E-state index in [4.69, 9.17) is 0 Å². The molecule has 0 radical (unpaired) electrons. The van der Waals surface area contributed by atoms with Crippen molar-refractivity contribution in [3.8, 4) is 6.07 Å². The molecule has 2 N–H and O–H groups in total. The molecule has 0 aliphatic heterocycles. The van der Waals surface area contributed by atoms with Gasteiger partial charge < -0.3 is 10.3 Å². The second kappa shape index (κ2) is 6.84. The third-order valence-corrected chi connectivity index (χ3v) is 3.90. The molecule has 1 amide bonds. The van der Waals surface area contributed by atoms with Crippen molar-refractivity contribution in [1.82, 2.24) is 10.3 Å². The number of carbonyl (C=O) groups is 1. The zero-order valence-corrected chi connectivity index (χ0v) is 13.3. The average Bonchev–Trinajstić information content (AvgIpc) is 3.08. The van der Waals surface area contributed by atoms with Crippen molar-refractivity contribution in [2.24, 2.45) is 0 Å². The molecule has 0 saturated heterocycles. The van der Waals surface area contributed by atoms with Crippen LogP contribution in [0.3, 0.4) is 0 Å². The Kier molecular flexibility index (Phi) is 4.44. The summed E-state index contributed by atoms with van der Waals surface area (Å²) in [7, 11) is 0. The van der Waals surface area contributed by atoms with Crippen LogP contribution in [0.5, 0.6) is 0 Å². The summed E-state index contributed by atoms with van der Waals surface area (Å²) in [5.41, 5.74) is 2.93. The number of nitrogens with zero attached hydrogens (tertiary/aromatic N) is 1. The molecular formula is C20H17N3O. The number of benzene rings is 2. The van der Waals surface area contributed by atoms with Gasteiger partial charge in [0.15, 0.2) is 0 Å². The zero-order valence-electron chi connectivity index (χ0n) is 13.3. The Balaban J connectivity index is 1.79. The minimum atomic E-state index is -0.372. The summed E-state index contributed by atoms with van der Waals surface area (Å²) in [6, 6.07) is 19.2. The standard InChI is InChI=1S/C20H17N3O/c1-14(16-5-3-2-4-6-16)23-20(24)18(13-21)12-15-7-8-19-17(11-15)9-10-22-19/h2-12,14,22H,1H3,(H,23,24)/b18-12-. The Morgan fingerprint density at radius 3 is 2.75 bits per heavy atom. The molecular weight excluding hydrogens is 298 g/mol. The maximum absolute atomic E-state index is 12.4.